The fourth-order valence-electron chi connectivity index (χ4n) is 2.05. The van der Waals surface area contributed by atoms with Crippen LogP contribution in [-0.2, 0) is 14.3 Å². The highest BCUT2D eigenvalue weighted by molar-refractivity contribution is 5.82. The van der Waals surface area contributed by atoms with Gasteiger partial charge in [-0.05, 0) is 46.5 Å². The number of ether oxygens (including phenoxy) is 2. The molecule has 0 aromatic heterocycles. The maximum absolute atomic E-state index is 12.0. The summed E-state index contributed by atoms with van der Waals surface area (Å²) in [7, 11) is 0. The summed E-state index contributed by atoms with van der Waals surface area (Å²) in [5.41, 5.74) is -0.557. The molecule has 1 saturated heterocycles. The Morgan fingerprint density at radius 2 is 2.10 bits per heavy atom. The van der Waals surface area contributed by atoms with Crippen LogP contribution in [0.15, 0.2) is 12.7 Å². The largest absolute Gasteiger partial charge is 0.464 e. The summed E-state index contributed by atoms with van der Waals surface area (Å²) in [6.45, 7) is 9.95. The Morgan fingerprint density at radius 3 is 2.70 bits per heavy atom. The van der Waals surface area contributed by atoms with Gasteiger partial charge in [0.15, 0.2) is 0 Å². The van der Waals surface area contributed by atoms with Crippen molar-refractivity contribution in [2.75, 3.05) is 13.2 Å². The van der Waals surface area contributed by atoms with Gasteiger partial charge < -0.3 is 9.47 Å². The molecule has 0 aliphatic carbocycles. The summed E-state index contributed by atoms with van der Waals surface area (Å²) in [5.74, 6) is -0.336. The number of hydrogen-bond acceptors (Lipinski definition) is 4. The molecule has 0 saturated carbocycles. The first kappa shape index (κ1) is 16.5. The van der Waals surface area contributed by atoms with Crippen molar-refractivity contribution in [3.8, 4) is 0 Å². The number of nitrogens with zero attached hydrogens (tertiary/aromatic N) is 1. The van der Waals surface area contributed by atoms with Gasteiger partial charge in [0.1, 0.15) is 11.6 Å². The fourth-order valence-corrected chi connectivity index (χ4v) is 2.05. The van der Waals surface area contributed by atoms with Crippen LogP contribution < -0.4 is 0 Å². The van der Waals surface area contributed by atoms with Crippen molar-refractivity contribution in [3.63, 3.8) is 0 Å². The smallest absolute Gasteiger partial charge is 0.411 e. The van der Waals surface area contributed by atoms with Gasteiger partial charge in [0.25, 0.3) is 0 Å². The average molecular weight is 283 g/mol. The molecule has 1 aliphatic heterocycles. The molecule has 0 N–H and O–H groups in total. The zero-order valence-electron chi connectivity index (χ0n) is 12.7. The maximum Gasteiger partial charge on any atom is 0.411 e. The molecule has 1 atom stereocenters. The second-order valence-electron chi connectivity index (χ2n) is 5.93. The monoisotopic (exact) mass is 283 g/mol. The number of unbranched alkanes of at least 4 members (excludes halogenated alkanes) is 1. The fraction of sp³-hybridized carbons (Fsp3) is 0.733. The first-order chi connectivity index (χ1) is 9.35. The summed E-state index contributed by atoms with van der Waals surface area (Å²) in [5, 5.41) is 0. The molecule has 5 nitrogen and oxygen atoms in total. The third kappa shape index (κ3) is 5.23. The molecule has 0 radical (unpaired) electrons. The number of carbonyl (C=O) groups is 2. The van der Waals surface area contributed by atoms with Gasteiger partial charge in [-0.3, -0.25) is 4.90 Å². The number of rotatable bonds is 5. The number of amides is 1. The molecule has 1 rings (SSSR count). The third-order valence-electron chi connectivity index (χ3n) is 2.95. The van der Waals surface area contributed by atoms with Gasteiger partial charge in [0.2, 0.25) is 0 Å². The molecular weight excluding hydrogens is 258 g/mol. The number of carbonyl (C=O) groups excluding carboxylic acids is 2. The minimum atomic E-state index is -0.557. The molecule has 0 unspecified atom stereocenters. The van der Waals surface area contributed by atoms with Gasteiger partial charge in [0.05, 0.1) is 6.61 Å². The summed E-state index contributed by atoms with van der Waals surface area (Å²) < 4.78 is 10.5. The predicted octanol–water partition coefficient (Wildman–Crippen LogP) is 2.90. The highest BCUT2D eigenvalue weighted by atomic mass is 16.6. The molecular formula is C15H25NO4. The van der Waals surface area contributed by atoms with Crippen molar-refractivity contribution in [2.24, 2.45) is 0 Å². The lowest BCUT2D eigenvalue weighted by molar-refractivity contribution is -0.148. The summed E-state index contributed by atoms with van der Waals surface area (Å²) >= 11 is 0. The van der Waals surface area contributed by atoms with Crippen molar-refractivity contribution in [1.82, 2.24) is 4.90 Å². The van der Waals surface area contributed by atoms with Gasteiger partial charge in [-0.25, -0.2) is 9.59 Å². The lowest BCUT2D eigenvalue weighted by Gasteiger charge is -2.27. The average Bonchev–Trinajstić information content (AvgIpc) is 2.81. The van der Waals surface area contributed by atoms with Gasteiger partial charge in [-0.2, -0.15) is 0 Å². The Hall–Kier alpha value is -1.52. The second kappa shape index (κ2) is 7.31. The Labute approximate surface area is 120 Å². The van der Waals surface area contributed by atoms with E-state index in [1.54, 1.807) is 6.08 Å². The van der Waals surface area contributed by atoms with E-state index in [9.17, 15) is 9.59 Å². The van der Waals surface area contributed by atoms with E-state index in [-0.39, 0.29) is 5.97 Å². The highest BCUT2D eigenvalue weighted by Gasteiger charge is 2.37. The van der Waals surface area contributed by atoms with Gasteiger partial charge in [-0.1, -0.05) is 6.08 Å². The first-order valence-electron chi connectivity index (χ1n) is 7.12. The van der Waals surface area contributed by atoms with Gasteiger partial charge >= 0.3 is 12.1 Å². The first-order valence-corrected chi connectivity index (χ1v) is 7.12. The van der Waals surface area contributed by atoms with E-state index < -0.39 is 17.7 Å². The predicted molar refractivity (Wildman–Crippen MR) is 76.4 cm³/mol. The molecule has 114 valence electrons. The van der Waals surface area contributed by atoms with Crippen LogP contribution in [0.3, 0.4) is 0 Å². The SMILES string of the molecule is C=CCCCOC(=O)[C@@H]1CCCN1C(=O)OC(C)(C)C. The minimum absolute atomic E-state index is 0.336. The standard InChI is InChI=1S/C15H25NO4/c1-5-6-7-11-19-13(17)12-9-8-10-16(12)14(18)20-15(2,3)4/h5,12H,1,6-11H2,2-4H3/t12-/m0/s1. The summed E-state index contributed by atoms with van der Waals surface area (Å²) in [4.78, 5) is 25.5. The molecule has 0 aromatic carbocycles. The number of likely N-dealkylation sites (tertiary alicyclic amines) is 1. The lowest BCUT2D eigenvalue weighted by atomic mass is 10.2. The summed E-state index contributed by atoms with van der Waals surface area (Å²) in [6.07, 6.45) is 4.35. The minimum Gasteiger partial charge on any atom is -0.464 e. The van der Waals surface area contributed by atoms with Crippen molar-refractivity contribution in [2.45, 2.75) is 58.1 Å². The van der Waals surface area contributed by atoms with Crippen LogP contribution in [0.2, 0.25) is 0 Å². The van der Waals surface area contributed by atoms with Gasteiger partial charge in [0, 0.05) is 6.54 Å². The molecule has 1 aliphatic rings. The molecule has 1 heterocycles. The molecule has 0 aromatic rings. The number of hydrogen-bond donors (Lipinski definition) is 0. The van der Waals surface area contributed by atoms with E-state index in [0.717, 1.165) is 19.3 Å². The van der Waals surface area contributed by atoms with Crippen molar-refractivity contribution < 1.29 is 19.1 Å². The Kier molecular flexibility index (Phi) is 6.05. The van der Waals surface area contributed by atoms with Crippen LogP contribution in [0.25, 0.3) is 0 Å². The van der Waals surface area contributed by atoms with Crippen molar-refractivity contribution in [1.29, 1.82) is 0 Å². The zero-order chi connectivity index (χ0) is 15.2. The van der Waals surface area contributed by atoms with E-state index in [0.29, 0.717) is 19.6 Å². The lowest BCUT2D eigenvalue weighted by Crippen LogP contribution is -2.44. The van der Waals surface area contributed by atoms with Crippen LogP contribution in [-0.4, -0.2) is 41.8 Å². The van der Waals surface area contributed by atoms with Crippen molar-refractivity contribution >= 4 is 12.1 Å². The molecule has 1 fully saturated rings. The molecule has 0 spiro atoms. The van der Waals surface area contributed by atoms with E-state index in [2.05, 4.69) is 6.58 Å². The Morgan fingerprint density at radius 1 is 1.40 bits per heavy atom. The van der Waals surface area contributed by atoms with Crippen molar-refractivity contribution in [3.05, 3.63) is 12.7 Å². The van der Waals surface area contributed by atoms with Crippen LogP contribution >= 0.6 is 0 Å². The van der Waals surface area contributed by atoms with Crippen LogP contribution in [0.5, 0.6) is 0 Å². The second-order valence-corrected chi connectivity index (χ2v) is 5.93. The van der Waals surface area contributed by atoms with Crippen LogP contribution in [0.4, 0.5) is 4.79 Å². The Balaban J connectivity index is 2.49. The van der Waals surface area contributed by atoms with E-state index in [4.69, 9.17) is 9.47 Å². The van der Waals surface area contributed by atoms with E-state index >= 15 is 0 Å². The maximum atomic E-state index is 12.0. The molecule has 1 amide bonds. The van der Waals surface area contributed by atoms with E-state index in [1.165, 1.54) is 4.90 Å². The number of allylic oxidation sites excluding steroid dienone is 1. The van der Waals surface area contributed by atoms with Crippen LogP contribution in [0.1, 0.15) is 46.5 Å². The third-order valence-corrected chi connectivity index (χ3v) is 2.95. The normalized spacial score (nSPS) is 18.8. The molecule has 5 heteroatoms. The molecule has 0 bridgehead atoms. The summed E-state index contributed by atoms with van der Waals surface area (Å²) in [6, 6.07) is -0.506. The zero-order valence-corrected chi connectivity index (χ0v) is 12.7. The van der Waals surface area contributed by atoms with Crippen LogP contribution in [0, 0.1) is 0 Å². The highest BCUT2D eigenvalue weighted by Crippen LogP contribution is 2.21. The Bertz CT molecular complexity index is 359. The number of esters is 1. The molecule has 20 heavy (non-hydrogen) atoms. The quantitative estimate of drug-likeness (QED) is 0.442. The van der Waals surface area contributed by atoms with Gasteiger partial charge in [-0.15, -0.1) is 6.58 Å². The topological polar surface area (TPSA) is 55.8 Å². The van der Waals surface area contributed by atoms with E-state index in [1.807, 2.05) is 20.8 Å².